The molecule has 2 amide bonds. The largest absolute Gasteiger partial charge is 0.481 e. The summed E-state index contributed by atoms with van der Waals surface area (Å²) in [6.45, 7) is 2.07. The van der Waals surface area contributed by atoms with Crippen LogP contribution in [-0.4, -0.2) is 53.5 Å². The normalized spacial score (nSPS) is 15.9. The number of nitrogens with two attached hydrogens (primary N) is 1. The van der Waals surface area contributed by atoms with Gasteiger partial charge in [-0.15, -0.1) is 0 Å². The number of carboxylic acids is 1. The van der Waals surface area contributed by atoms with E-state index in [-0.39, 0.29) is 18.7 Å². The van der Waals surface area contributed by atoms with E-state index >= 15 is 0 Å². The van der Waals surface area contributed by atoms with E-state index in [9.17, 15) is 14.4 Å². The third-order valence-corrected chi connectivity index (χ3v) is 3.58. The molecule has 1 rings (SSSR count). The van der Waals surface area contributed by atoms with Gasteiger partial charge in [-0.05, 0) is 32.2 Å². The Morgan fingerprint density at radius 1 is 1.14 bits per heavy atom. The summed E-state index contributed by atoms with van der Waals surface area (Å²) < 4.78 is 0. The number of hydrogen-bond acceptors (Lipinski definition) is 4. The number of likely N-dealkylation sites (tertiary alicyclic amines) is 1. The highest BCUT2D eigenvalue weighted by atomic mass is 16.4. The molecule has 21 heavy (non-hydrogen) atoms. The number of carbonyl (C=O) groups excluding carboxylic acids is 2. The van der Waals surface area contributed by atoms with E-state index < -0.39 is 17.9 Å². The van der Waals surface area contributed by atoms with Gasteiger partial charge in [-0.1, -0.05) is 6.42 Å². The van der Waals surface area contributed by atoms with Crippen LogP contribution in [0.3, 0.4) is 0 Å². The van der Waals surface area contributed by atoms with Gasteiger partial charge in [0.15, 0.2) is 0 Å². The topological polar surface area (TPSA) is 113 Å². The van der Waals surface area contributed by atoms with E-state index in [1.54, 1.807) is 4.90 Å². The number of hydrogen-bond donors (Lipinski definition) is 3. The number of aliphatic carboxylic acids is 1. The summed E-state index contributed by atoms with van der Waals surface area (Å²) in [7, 11) is 0. The first-order chi connectivity index (χ1) is 10.0. The molecule has 0 aromatic heterocycles. The van der Waals surface area contributed by atoms with Crippen molar-refractivity contribution in [2.45, 2.75) is 51.0 Å². The fourth-order valence-corrected chi connectivity index (χ4v) is 2.46. The lowest BCUT2D eigenvalue weighted by Gasteiger charge is -2.23. The lowest BCUT2D eigenvalue weighted by atomic mass is 10.1. The molecule has 1 heterocycles. The van der Waals surface area contributed by atoms with Crippen LogP contribution >= 0.6 is 0 Å². The zero-order valence-corrected chi connectivity index (χ0v) is 12.3. The molecule has 120 valence electrons. The Morgan fingerprint density at radius 3 is 2.38 bits per heavy atom. The van der Waals surface area contributed by atoms with Gasteiger partial charge in [0.25, 0.3) is 0 Å². The molecule has 0 aromatic carbocycles. The van der Waals surface area contributed by atoms with E-state index in [4.69, 9.17) is 10.8 Å². The number of unbranched alkanes of at least 4 members (excludes halogenated alkanes) is 2. The number of nitrogens with one attached hydrogen (secondary N) is 1. The minimum absolute atomic E-state index is 0.00442. The summed E-state index contributed by atoms with van der Waals surface area (Å²) in [4.78, 5) is 35.5. The third-order valence-electron chi connectivity index (χ3n) is 3.58. The molecule has 0 spiro atoms. The summed E-state index contributed by atoms with van der Waals surface area (Å²) in [5.74, 6) is -1.35. The molecule has 1 aliphatic rings. The Morgan fingerprint density at radius 2 is 1.81 bits per heavy atom. The maximum atomic E-state index is 12.3. The monoisotopic (exact) mass is 299 g/mol. The molecule has 1 fully saturated rings. The molecule has 1 saturated heterocycles. The van der Waals surface area contributed by atoms with E-state index in [2.05, 4.69) is 5.32 Å². The van der Waals surface area contributed by atoms with Crippen molar-refractivity contribution in [2.24, 2.45) is 5.73 Å². The highest BCUT2D eigenvalue weighted by Gasteiger charge is 2.27. The summed E-state index contributed by atoms with van der Waals surface area (Å²) in [6, 6.07) is -0.555. The van der Waals surface area contributed by atoms with Crippen molar-refractivity contribution in [3.63, 3.8) is 0 Å². The van der Waals surface area contributed by atoms with E-state index in [1.165, 1.54) is 0 Å². The van der Waals surface area contributed by atoms with Crippen molar-refractivity contribution in [3.8, 4) is 0 Å². The molecule has 0 radical (unpaired) electrons. The van der Waals surface area contributed by atoms with Crippen LogP contribution in [0.15, 0.2) is 0 Å². The number of amides is 2. The van der Waals surface area contributed by atoms with Crippen molar-refractivity contribution in [1.82, 2.24) is 10.2 Å². The molecular weight excluding hydrogens is 274 g/mol. The van der Waals surface area contributed by atoms with Gasteiger partial charge < -0.3 is 21.1 Å². The molecule has 0 aliphatic carbocycles. The van der Waals surface area contributed by atoms with Crippen molar-refractivity contribution in [3.05, 3.63) is 0 Å². The second-order valence-corrected chi connectivity index (χ2v) is 5.41. The minimum Gasteiger partial charge on any atom is -0.481 e. The summed E-state index contributed by atoms with van der Waals surface area (Å²) in [5.41, 5.74) is 5.20. The van der Waals surface area contributed by atoms with E-state index in [0.29, 0.717) is 13.0 Å². The van der Waals surface area contributed by atoms with Crippen molar-refractivity contribution >= 4 is 17.8 Å². The van der Waals surface area contributed by atoms with Crippen LogP contribution in [0.5, 0.6) is 0 Å². The SMILES string of the molecule is NC(=O)CC(NCCCCCC(=O)O)C(=O)N1CCCC1. The van der Waals surface area contributed by atoms with Gasteiger partial charge in [0.1, 0.15) is 0 Å². The van der Waals surface area contributed by atoms with E-state index in [0.717, 1.165) is 38.8 Å². The minimum atomic E-state index is -0.793. The first-order valence-corrected chi connectivity index (χ1v) is 7.53. The maximum absolute atomic E-state index is 12.3. The van der Waals surface area contributed by atoms with Gasteiger partial charge in [-0.25, -0.2) is 0 Å². The van der Waals surface area contributed by atoms with Crippen LogP contribution in [0.4, 0.5) is 0 Å². The molecule has 0 bridgehead atoms. The average Bonchev–Trinajstić information content (AvgIpc) is 2.93. The van der Waals surface area contributed by atoms with Gasteiger partial charge in [0.05, 0.1) is 12.5 Å². The Balaban J connectivity index is 2.30. The maximum Gasteiger partial charge on any atom is 0.303 e. The van der Waals surface area contributed by atoms with Crippen LogP contribution in [0.25, 0.3) is 0 Å². The molecule has 1 atom stereocenters. The molecule has 0 aromatic rings. The van der Waals surface area contributed by atoms with Crippen LogP contribution in [0.2, 0.25) is 0 Å². The third kappa shape index (κ3) is 7.08. The van der Waals surface area contributed by atoms with Crippen LogP contribution in [0.1, 0.15) is 44.9 Å². The van der Waals surface area contributed by atoms with E-state index in [1.807, 2.05) is 0 Å². The van der Waals surface area contributed by atoms with Crippen LogP contribution < -0.4 is 11.1 Å². The summed E-state index contributed by atoms with van der Waals surface area (Å²) >= 11 is 0. The van der Waals surface area contributed by atoms with Crippen LogP contribution in [0, 0.1) is 0 Å². The zero-order chi connectivity index (χ0) is 15.7. The number of carboxylic acid groups (broad SMARTS) is 1. The number of primary amides is 1. The molecule has 7 heteroatoms. The average molecular weight is 299 g/mol. The second-order valence-electron chi connectivity index (χ2n) is 5.41. The van der Waals surface area contributed by atoms with Gasteiger partial charge in [-0.2, -0.15) is 0 Å². The number of rotatable bonds is 10. The predicted molar refractivity (Wildman–Crippen MR) is 77.5 cm³/mol. The Hall–Kier alpha value is -1.63. The Kier molecular flexibility index (Phi) is 7.74. The quantitative estimate of drug-likeness (QED) is 0.495. The molecule has 1 unspecified atom stereocenters. The molecule has 4 N–H and O–H groups in total. The molecule has 7 nitrogen and oxygen atoms in total. The van der Waals surface area contributed by atoms with Gasteiger partial charge in [0.2, 0.25) is 11.8 Å². The summed E-state index contributed by atoms with van der Waals surface area (Å²) in [6.07, 6.45) is 4.35. The number of carbonyl (C=O) groups is 3. The van der Waals surface area contributed by atoms with Crippen molar-refractivity contribution in [1.29, 1.82) is 0 Å². The Bertz CT molecular complexity index is 367. The second kappa shape index (κ2) is 9.33. The first-order valence-electron chi connectivity index (χ1n) is 7.53. The van der Waals surface area contributed by atoms with Crippen molar-refractivity contribution in [2.75, 3.05) is 19.6 Å². The molecular formula is C14H25N3O4. The molecule has 1 aliphatic heterocycles. The highest BCUT2D eigenvalue weighted by molar-refractivity contribution is 5.87. The highest BCUT2D eigenvalue weighted by Crippen LogP contribution is 2.10. The molecule has 0 saturated carbocycles. The van der Waals surface area contributed by atoms with Gasteiger partial charge in [-0.3, -0.25) is 14.4 Å². The van der Waals surface area contributed by atoms with Crippen molar-refractivity contribution < 1.29 is 19.5 Å². The fraction of sp³-hybridized carbons (Fsp3) is 0.786. The van der Waals surface area contributed by atoms with Crippen LogP contribution in [-0.2, 0) is 14.4 Å². The zero-order valence-electron chi connectivity index (χ0n) is 12.3. The standard InChI is InChI=1S/C14H25N3O4/c15-12(18)10-11(14(21)17-8-4-5-9-17)16-7-3-1-2-6-13(19)20/h11,16H,1-10H2,(H2,15,18)(H,19,20). The first kappa shape index (κ1) is 17.4. The predicted octanol–water partition coefficient (Wildman–Crippen LogP) is 0.0874. The Labute approximate surface area is 124 Å². The van der Waals surface area contributed by atoms with Gasteiger partial charge in [0, 0.05) is 19.5 Å². The summed E-state index contributed by atoms with van der Waals surface area (Å²) in [5, 5.41) is 11.6. The smallest absolute Gasteiger partial charge is 0.303 e. The lowest BCUT2D eigenvalue weighted by Crippen LogP contribution is -2.47. The van der Waals surface area contributed by atoms with Gasteiger partial charge >= 0.3 is 5.97 Å². The lowest BCUT2D eigenvalue weighted by molar-refractivity contribution is -0.137. The fourth-order valence-electron chi connectivity index (χ4n) is 2.46. The number of nitrogens with zero attached hydrogens (tertiary/aromatic N) is 1.